The molecular formula is C19H13ClN4O3. The number of carbonyl (C=O) groups is 2. The molecule has 0 saturated carbocycles. The lowest BCUT2D eigenvalue weighted by Gasteiger charge is -2.04. The van der Waals surface area contributed by atoms with E-state index in [0.29, 0.717) is 21.9 Å². The minimum Gasteiger partial charge on any atom is -0.360 e. The van der Waals surface area contributed by atoms with E-state index in [0.717, 1.165) is 10.9 Å². The molecule has 2 amide bonds. The Bertz CT molecular complexity index is 1150. The summed E-state index contributed by atoms with van der Waals surface area (Å²) >= 11 is 5.95. The van der Waals surface area contributed by atoms with Crippen molar-refractivity contribution in [3.63, 3.8) is 0 Å². The fourth-order valence-electron chi connectivity index (χ4n) is 2.66. The summed E-state index contributed by atoms with van der Waals surface area (Å²) in [6, 6.07) is 15.8. The summed E-state index contributed by atoms with van der Waals surface area (Å²) in [6.45, 7) is 0. The second-order valence-electron chi connectivity index (χ2n) is 5.74. The summed E-state index contributed by atoms with van der Waals surface area (Å²) in [7, 11) is 0. The maximum absolute atomic E-state index is 12.3. The van der Waals surface area contributed by atoms with Crippen LogP contribution < -0.4 is 10.9 Å². The van der Waals surface area contributed by atoms with Crippen LogP contribution in [0.2, 0.25) is 5.02 Å². The Labute approximate surface area is 158 Å². The van der Waals surface area contributed by atoms with Gasteiger partial charge < -0.3 is 9.51 Å². The van der Waals surface area contributed by atoms with Gasteiger partial charge in [-0.1, -0.05) is 47.1 Å². The van der Waals surface area contributed by atoms with Crippen LogP contribution in [0.15, 0.2) is 65.3 Å². The van der Waals surface area contributed by atoms with E-state index in [9.17, 15) is 9.59 Å². The molecule has 4 rings (SSSR count). The number of H-pyrrole nitrogens is 1. The van der Waals surface area contributed by atoms with Gasteiger partial charge >= 0.3 is 0 Å². The van der Waals surface area contributed by atoms with Gasteiger partial charge in [-0.25, -0.2) is 0 Å². The van der Waals surface area contributed by atoms with Crippen molar-refractivity contribution >= 4 is 34.3 Å². The van der Waals surface area contributed by atoms with Gasteiger partial charge in [0.15, 0.2) is 11.5 Å². The van der Waals surface area contributed by atoms with Crippen LogP contribution in [-0.4, -0.2) is 22.0 Å². The van der Waals surface area contributed by atoms with Gasteiger partial charge in [-0.05, 0) is 18.2 Å². The lowest BCUT2D eigenvalue weighted by Crippen LogP contribution is -2.41. The van der Waals surface area contributed by atoms with Gasteiger partial charge in [0.25, 0.3) is 11.8 Å². The first-order chi connectivity index (χ1) is 13.1. The van der Waals surface area contributed by atoms with Crippen molar-refractivity contribution in [3.05, 3.63) is 77.1 Å². The largest absolute Gasteiger partial charge is 0.360 e. The molecule has 27 heavy (non-hydrogen) atoms. The van der Waals surface area contributed by atoms with E-state index in [1.165, 1.54) is 6.07 Å². The monoisotopic (exact) mass is 380 g/mol. The third kappa shape index (κ3) is 3.40. The molecule has 0 bridgehead atoms. The highest BCUT2D eigenvalue weighted by Crippen LogP contribution is 2.23. The second-order valence-corrected chi connectivity index (χ2v) is 6.18. The molecule has 2 aromatic carbocycles. The standard InChI is InChI=1S/C19H13ClN4O3/c20-12-5-3-4-11(8-12)17-9-16(24-27-17)19(26)23-22-18(25)14-10-21-15-7-2-1-6-13(14)15/h1-10,21H,(H,22,25)(H,23,26). The average Bonchev–Trinajstić information content (AvgIpc) is 3.33. The summed E-state index contributed by atoms with van der Waals surface area (Å²) in [5.74, 6) is -0.648. The van der Waals surface area contributed by atoms with Gasteiger partial charge in [-0.3, -0.25) is 20.4 Å². The van der Waals surface area contributed by atoms with Crippen LogP contribution in [0.25, 0.3) is 22.2 Å². The van der Waals surface area contributed by atoms with E-state index in [4.69, 9.17) is 16.1 Å². The van der Waals surface area contributed by atoms with Gasteiger partial charge in [-0.15, -0.1) is 0 Å². The number of para-hydroxylation sites is 1. The summed E-state index contributed by atoms with van der Waals surface area (Å²) in [4.78, 5) is 27.5. The number of carbonyl (C=O) groups excluding carboxylic acids is 2. The SMILES string of the molecule is O=C(NNC(=O)c1c[nH]c2ccccc12)c1cc(-c2cccc(Cl)c2)on1. The number of hydrazine groups is 1. The number of amides is 2. The molecule has 0 aliphatic heterocycles. The Morgan fingerprint density at radius 3 is 2.67 bits per heavy atom. The fraction of sp³-hybridized carbons (Fsp3) is 0. The Hall–Kier alpha value is -3.58. The minimum atomic E-state index is -0.597. The number of hydrogen-bond donors (Lipinski definition) is 3. The molecule has 8 heteroatoms. The normalized spacial score (nSPS) is 10.7. The zero-order chi connectivity index (χ0) is 18.8. The molecule has 4 aromatic rings. The highest BCUT2D eigenvalue weighted by atomic mass is 35.5. The number of nitrogens with one attached hydrogen (secondary N) is 3. The van der Waals surface area contributed by atoms with Gasteiger partial charge in [0.2, 0.25) is 0 Å². The lowest BCUT2D eigenvalue weighted by molar-refractivity contribution is 0.0842. The molecule has 0 atom stereocenters. The first kappa shape index (κ1) is 16.9. The Kier molecular flexibility index (Phi) is 4.35. The van der Waals surface area contributed by atoms with Crippen molar-refractivity contribution < 1.29 is 14.1 Å². The van der Waals surface area contributed by atoms with Crippen LogP contribution in [0.3, 0.4) is 0 Å². The second kappa shape index (κ2) is 6.97. The first-order valence-electron chi connectivity index (χ1n) is 8.01. The van der Waals surface area contributed by atoms with E-state index >= 15 is 0 Å². The highest BCUT2D eigenvalue weighted by Gasteiger charge is 2.16. The van der Waals surface area contributed by atoms with Gasteiger partial charge in [0.05, 0.1) is 5.56 Å². The van der Waals surface area contributed by atoms with Crippen molar-refractivity contribution in [3.8, 4) is 11.3 Å². The summed E-state index contributed by atoms with van der Waals surface area (Å²) in [5, 5.41) is 5.03. The van der Waals surface area contributed by atoms with Crippen molar-refractivity contribution in [1.82, 2.24) is 21.0 Å². The maximum atomic E-state index is 12.3. The molecule has 0 fully saturated rings. The smallest absolute Gasteiger partial charge is 0.291 e. The Balaban J connectivity index is 1.45. The fourth-order valence-corrected chi connectivity index (χ4v) is 2.85. The van der Waals surface area contributed by atoms with E-state index in [1.54, 1.807) is 30.5 Å². The van der Waals surface area contributed by atoms with Crippen molar-refractivity contribution in [1.29, 1.82) is 0 Å². The summed E-state index contributed by atoms with van der Waals surface area (Å²) < 4.78 is 5.18. The molecule has 0 radical (unpaired) electrons. The van der Waals surface area contributed by atoms with Gasteiger partial charge in [0, 0.05) is 33.8 Å². The van der Waals surface area contributed by atoms with Gasteiger partial charge in [-0.2, -0.15) is 0 Å². The number of fused-ring (bicyclic) bond motifs is 1. The first-order valence-corrected chi connectivity index (χ1v) is 8.39. The van der Waals surface area contributed by atoms with Crippen LogP contribution in [0.1, 0.15) is 20.8 Å². The van der Waals surface area contributed by atoms with Crippen LogP contribution >= 0.6 is 11.6 Å². The molecule has 0 aliphatic rings. The van der Waals surface area contributed by atoms with Crippen LogP contribution in [0, 0.1) is 0 Å². The number of nitrogens with zero attached hydrogens (tertiary/aromatic N) is 1. The highest BCUT2D eigenvalue weighted by molar-refractivity contribution is 6.30. The Morgan fingerprint density at radius 2 is 1.81 bits per heavy atom. The van der Waals surface area contributed by atoms with Crippen molar-refractivity contribution in [2.45, 2.75) is 0 Å². The average molecular weight is 381 g/mol. The van der Waals surface area contributed by atoms with Crippen LogP contribution in [0.5, 0.6) is 0 Å². The molecule has 2 aromatic heterocycles. The molecular weight excluding hydrogens is 368 g/mol. The molecule has 0 aliphatic carbocycles. The van der Waals surface area contributed by atoms with Crippen LogP contribution in [0.4, 0.5) is 0 Å². The number of hydrogen-bond acceptors (Lipinski definition) is 4. The van der Waals surface area contributed by atoms with Crippen molar-refractivity contribution in [2.75, 3.05) is 0 Å². The Morgan fingerprint density at radius 1 is 1.00 bits per heavy atom. The molecule has 0 unspecified atom stereocenters. The number of benzene rings is 2. The third-order valence-corrected chi connectivity index (χ3v) is 4.21. The summed E-state index contributed by atoms with van der Waals surface area (Å²) in [5.41, 5.74) is 6.67. The third-order valence-electron chi connectivity index (χ3n) is 3.98. The topological polar surface area (TPSA) is 100 Å². The molecule has 0 spiro atoms. The van der Waals surface area contributed by atoms with Crippen LogP contribution in [-0.2, 0) is 0 Å². The zero-order valence-corrected chi connectivity index (χ0v) is 14.6. The van der Waals surface area contributed by atoms with E-state index < -0.39 is 11.8 Å². The van der Waals surface area contributed by atoms with Crippen molar-refractivity contribution in [2.24, 2.45) is 0 Å². The molecule has 7 nitrogen and oxygen atoms in total. The molecule has 0 saturated heterocycles. The van der Waals surface area contributed by atoms with E-state index in [-0.39, 0.29) is 5.69 Å². The number of aromatic nitrogens is 2. The number of aromatic amines is 1. The molecule has 3 N–H and O–H groups in total. The molecule has 2 heterocycles. The maximum Gasteiger partial charge on any atom is 0.291 e. The lowest BCUT2D eigenvalue weighted by atomic mass is 10.1. The molecule has 134 valence electrons. The quantitative estimate of drug-likeness (QED) is 0.473. The van der Waals surface area contributed by atoms with E-state index in [1.807, 2.05) is 24.3 Å². The predicted octanol–water partition coefficient (Wildman–Crippen LogP) is 3.55. The number of halogens is 1. The van der Waals surface area contributed by atoms with E-state index in [2.05, 4.69) is 21.0 Å². The minimum absolute atomic E-state index is 0.0317. The zero-order valence-electron chi connectivity index (χ0n) is 13.8. The number of rotatable bonds is 3. The predicted molar refractivity (Wildman–Crippen MR) is 100 cm³/mol. The van der Waals surface area contributed by atoms with Gasteiger partial charge in [0.1, 0.15) is 0 Å². The summed E-state index contributed by atoms with van der Waals surface area (Å²) in [6.07, 6.45) is 1.58.